The fraction of sp³-hybridized carbons (Fsp3) is 0.462. The van der Waals surface area contributed by atoms with Gasteiger partial charge in [0.15, 0.2) is 5.03 Å². The van der Waals surface area contributed by atoms with E-state index in [1.807, 2.05) is 16.8 Å². The minimum atomic E-state index is -3.53. The van der Waals surface area contributed by atoms with E-state index in [-0.39, 0.29) is 5.03 Å². The molecular formula is C13H18N4O2S2. The summed E-state index contributed by atoms with van der Waals surface area (Å²) >= 11 is 1.61. The van der Waals surface area contributed by atoms with Crippen molar-refractivity contribution in [3.8, 4) is 0 Å². The topological polar surface area (TPSA) is 86.9 Å². The Kier molecular flexibility index (Phi) is 4.39. The van der Waals surface area contributed by atoms with Crippen LogP contribution in [0.15, 0.2) is 28.0 Å². The summed E-state index contributed by atoms with van der Waals surface area (Å²) in [7, 11) is -3.53. The third-order valence-electron chi connectivity index (χ3n) is 3.39. The van der Waals surface area contributed by atoms with Crippen molar-refractivity contribution in [2.75, 3.05) is 6.54 Å². The maximum atomic E-state index is 12.3. The fourth-order valence-corrected chi connectivity index (χ4v) is 3.90. The molecule has 2 aromatic heterocycles. The molecule has 1 aliphatic carbocycles. The lowest BCUT2D eigenvalue weighted by molar-refractivity contribution is 0.574. The molecular weight excluding hydrogens is 308 g/mol. The van der Waals surface area contributed by atoms with Gasteiger partial charge in [-0.05, 0) is 41.7 Å². The molecule has 1 aliphatic rings. The number of aromatic nitrogens is 2. The van der Waals surface area contributed by atoms with Gasteiger partial charge in [0.1, 0.15) is 0 Å². The number of aromatic amines is 1. The number of hydrogen-bond donors (Lipinski definition) is 3. The Hall–Kier alpha value is -1.22. The molecule has 1 saturated carbocycles. The molecule has 8 heteroatoms. The normalized spacial score (nSPS) is 15.4. The molecule has 0 radical (unpaired) electrons. The average Bonchev–Trinajstić information content (AvgIpc) is 2.93. The number of nitrogens with zero attached hydrogens (tertiary/aromatic N) is 1. The van der Waals surface area contributed by atoms with Crippen LogP contribution in [-0.4, -0.2) is 31.2 Å². The van der Waals surface area contributed by atoms with E-state index in [0.717, 1.165) is 5.56 Å². The van der Waals surface area contributed by atoms with E-state index < -0.39 is 10.0 Å². The molecule has 1 fully saturated rings. The zero-order valence-electron chi connectivity index (χ0n) is 11.5. The molecule has 3 rings (SSSR count). The van der Waals surface area contributed by atoms with Crippen molar-refractivity contribution in [2.24, 2.45) is 0 Å². The Balaban J connectivity index is 1.59. The second-order valence-electron chi connectivity index (χ2n) is 5.16. The van der Waals surface area contributed by atoms with E-state index in [4.69, 9.17) is 0 Å². The van der Waals surface area contributed by atoms with Crippen molar-refractivity contribution in [3.63, 3.8) is 0 Å². The van der Waals surface area contributed by atoms with Crippen molar-refractivity contribution in [1.82, 2.24) is 20.2 Å². The monoisotopic (exact) mass is 326 g/mol. The highest BCUT2D eigenvalue weighted by molar-refractivity contribution is 7.89. The van der Waals surface area contributed by atoms with Crippen LogP contribution in [0.25, 0.3) is 0 Å². The van der Waals surface area contributed by atoms with Gasteiger partial charge in [0, 0.05) is 24.7 Å². The lowest BCUT2D eigenvalue weighted by Crippen LogP contribution is -2.28. The van der Waals surface area contributed by atoms with Crippen LogP contribution in [0.4, 0.5) is 0 Å². The summed E-state index contributed by atoms with van der Waals surface area (Å²) in [6, 6.07) is 2.53. The van der Waals surface area contributed by atoms with Crippen LogP contribution in [0.1, 0.15) is 24.0 Å². The maximum absolute atomic E-state index is 12.3. The smallest absolute Gasteiger partial charge is 0.257 e. The zero-order chi connectivity index (χ0) is 14.7. The summed E-state index contributed by atoms with van der Waals surface area (Å²) in [6.45, 7) is 0.912. The van der Waals surface area contributed by atoms with E-state index in [2.05, 4.69) is 20.2 Å². The molecule has 0 saturated heterocycles. The zero-order valence-corrected chi connectivity index (χ0v) is 13.1. The van der Waals surface area contributed by atoms with Gasteiger partial charge in [0.05, 0.1) is 6.20 Å². The Labute approximate surface area is 128 Å². The largest absolute Gasteiger partial charge is 0.310 e. The van der Waals surface area contributed by atoms with Crippen LogP contribution in [-0.2, 0) is 23.0 Å². The number of sulfonamides is 1. The molecule has 2 heterocycles. The predicted octanol–water partition coefficient (Wildman–Crippen LogP) is 1.24. The van der Waals surface area contributed by atoms with Crippen molar-refractivity contribution in [3.05, 3.63) is 34.2 Å². The standard InChI is InChI=1S/C13H18N4O2S2/c18-21(19,16-5-3-10-4-6-20-9-10)13-11(8-15-17-13)7-14-12-1-2-12/h4,6,8-9,12,14,16H,1-3,5,7H2,(H,15,17). The lowest BCUT2D eigenvalue weighted by Gasteiger charge is -2.07. The Morgan fingerprint density at radius 2 is 2.29 bits per heavy atom. The Bertz CT molecular complexity index is 675. The van der Waals surface area contributed by atoms with Crippen LogP contribution in [0.5, 0.6) is 0 Å². The van der Waals surface area contributed by atoms with Crippen LogP contribution in [0.3, 0.4) is 0 Å². The Morgan fingerprint density at radius 3 is 3.00 bits per heavy atom. The fourth-order valence-electron chi connectivity index (χ4n) is 2.04. The third-order valence-corrected chi connectivity index (χ3v) is 5.60. The van der Waals surface area contributed by atoms with Crippen molar-refractivity contribution in [2.45, 2.75) is 36.9 Å². The summed E-state index contributed by atoms with van der Waals surface area (Å²) in [4.78, 5) is 0. The average molecular weight is 326 g/mol. The molecule has 3 N–H and O–H groups in total. The van der Waals surface area contributed by atoms with Gasteiger partial charge in [-0.3, -0.25) is 5.10 Å². The summed E-state index contributed by atoms with van der Waals surface area (Å²) in [6.07, 6.45) is 4.59. The van der Waals surface area contributed by atoms with E-state index in [1.165, 1.54) is 12.8 Å². The van der Waals surface area contributed by atoms with E-state index >= 15 is 0 Å². The minimum absolute atomic E-state index is 0.168. The highest BCUT2D eigenvalue weighted by Crippen LogP contribution is 2.20. The van der Waals surface area contributed by atoms with E-state index in [9.17, 15) is 8.42 Å². The van der Waals surface area contributed by atoms with Gasteiger partial charge in [-0.25, -0.2) is 13.1 Å². The molecule has 114 valence electrons. The summed E-state index contributed by atoms with van der Waals surface area (Å²) in [5, 5.41) is 13.9. The van der Waals surface area contributed by atoms with Crippen LogP contribution in [0.2, 0.25) is 0 Å². The minimum Gasteiger partial charge on any atom is -0.310 e. The van der Waals surface area contributed by atoms with Gasteiger partial charge in [0.25, 0.3) is 10.0 Å². The van der Waals surface area contributed by atoms with Crippen LogP contribution >= 0.6 is 11.3 Å². The molecule has 0 aliphatic heterocycles. The van der Waals surface area contributed by atoms with Crippen LogP contribution < -0.4 is 10.0 Å². The molecule has 21 heavy (non-hydrogen) atoms. The highest BCUT2D eigenvalue weighted by atomic mass is 32.2. The van der Waals surface area contributed by atoms with Gasteiger partial charge >= 0.3 is 0 Å². The van der Waals surface area contributed by atoms with Gasteiger partial charge in [0.2, 0.25) is 0 Å². The van der Waals surface area contributed by atoms with Crippen molar-refractivity contribution < 1.29 is 8.42 Å². The summed E-state index contributed by atoms with van der Waals surface area (Å²) in [5.74, 6) is 0. The SMILES string of the molecule is O=S(=O)(NCCc1ccsc1)c1[nH]ncc1CNC1CC1. The molecule has 0 atom stereocenters. The van der Waals surface area contributed by atoms with Crippen molar-refractivity contribution in [1.29, 1.82) is 0 Å². The van der Waals surface area contributed by atoms with Gasteiger partial charge in [-0.1, -0.05) is 0 Å². The third kappa shape index (κ3) is 3.91. The van der Waals surface area contributed by atoms with Gasteiger partial charge in [-0.15, -0.1) is 0 Å². The highest BCUT2D eigenvalue weighted by Gasteiger charge is 2.24. The molecule has 0 aromatic carbocycles. The molecule has 0 spiro atoms. The molecule has 0 unspecified atom stereocenters. The number of hydrogen-bond acceptors (Lipinski definition) is 5. The molecule has 0 amide bonds. The first-order valence-electron chi connectivity index (χ1n) is 6.91. The second-order valence-corrected chi connectivity index (χ2v) is 7.64. The first-order valence-corrected chi connectivity index (χ1v) is 9.34. The van der Waals surface area contributed by atoms with Crippen LogP contribution in [0, 0.1) is 0 Å². The van der Waals surface area contributed by atoms with Crippen molar-refractivity contribution >= 4 is 21.4 Å². The first kappa shape index (κ1) is 14.7. The lowest BCUT2D eigenvalue weighted by atomic mass is 10.2. The maximum Gasteiger partial charge on any atom is 0.257 e. The van der Waals surface area contributed by atoms with Gasteiger partial charge < -0.3 is 5.32 Å². The number of H-pyrrole nitrogens is 1. The predicted molar refractivity (Wildman–Crippen MR) is 81.7 cm³/mol. The quantitative estimate of drug-likeness (QED) is 0.681. The number of nitrogens with one attached hydrogen (secondary N) is 3. The first-order chi connectivity index (χ1) is 10.1. The molecule has 6 nitrogen and oxygen atoms in total. The van der Waals surface area contributed by atoms with Gasteiger partial charge in [-0.2, -0.15) is 16.4 Å². The van der Waals surface area contributed by atoms with E-state index in [0.29, 0.717) is 31.1 Å². The molecule has 2 aromatic rings. The number of thiophene rings is 1. The molecule has 0 bridgehead atoms. The number of rotatable bonds is 8. The van der Waals surface area contributed by atoms with E-state index in [1.54, 1.807) is 17.5 Å². The summed E-state index contributed by atoms with van der Waals surface area (Å²) < 4.78 is 27.2. The summed E-state index contributed by atoms with van der Waals surface area (Å²) in [5.41, 5.74) is 1.83. The Morgan fingerprint density at radius 1 is 1.43 bits per heavy atom. The second kappa shape index (κ2) is 6.27.